The van der Waals surface area contributed by atoms with E-state index in [0.717, 1.165) is 12.1 Å². The maximum absolute atomic E-state index is 13.7. The van der Waals surface area contributed by atoms with Crippen molar-refractivity contribution in [1.82, 2.24) is 0 Å². The molecule has 1 heterocycles. The van der Waals surface area contributed by atoms with E-state index in [1.54, 1.807) is 6.92 Å². The molecule has 2 rings (SSSR count). The van der Waals surface area contributed by atoms with Crippen LogP contribution in [0, 0.1) is 6.92 Å². The lowest BCUT2D eigenvalue weighted by Gasteiger charge is -2.17. The summed E-state index contributed by atoms with van der Waals surface area (Å²) in [6.45, 7) is 4.15. The quantitative estimate of drug-likeness (QED) is 0.667. The Morgan fingerprint density at radius 2 is 2.21 bits per heavy atom. The summed E-state index contributed by atoms with van der Waals surface area (Å²) in [6.07, 6.45) is 1.44. The third kappa shape index (κ3) is 1.89. The van der Waals surface area contributed by atoms with Crippen LogP contribution in [0.1, 0.15) is 24.5 Å². The molecular weight excluding hydrogens is 177 g/mol. The average molecular weight is 193 g/mol. The van der Waals surface area contributed by atoms with Gasteiger partial charge in [0.15, 0.2) is 0 Å². The Morgan fingerprint density at radius 3 is 3.00 bits per heavy atom. The van der Waals surface area contributed by atoms with E-state index < -0.39 is 5.67 Å². The number of alkyl halides is 1. The van der Waals surface area contributed by atoms with Gasteiger partial charge in [-0.2, -0.15) is 0 Å². The first-order chi connectivity index (χ1) is 6.57. The highest BCUT2D eigenvalue weighted by Gasteiger charge is 2.26. The normalized spacial score (nSPS) is 26.2. The van der Waals surface area contributed by atoms with Crippen LogP contribution in [0.4, 0.5) is 10.1 Å². The summed E-state index contributed by atoms with van der Waals surface area (Å²) in [7, 11) is 0. The summed E-state index contributed by atoms with van der Waals surface area (Å²) < 4.78 is 13.7. The average Bonchev–Trinajstić information content (AvgIpc) is 2.26. The lowest BCUT2D eigenvalue weighted by Crippen LogP contribution is -2.26. The Labute approximate surface area is 84.3 Å². The minimum absolute atomic E-state index is 0.420. The second kappa shape index (κ2) is 3.26. The highest BCUT2D eigenvalue weighted by atomic mass is 19.1. The summed E-state index contributed by atoms with van der Waals surface area (Å²) in [4.78, 5) is 0. The lowest BCUT2D eigenvalue weighted by atomic mass is 9.99. The van der Waals surface area contributed by atoms with E-state index in [2.05, 4.69) is 24.4 Å². The van der Waals surface area contributed by atoms with Crippen molar-refractivity contribution in [2.75, 3.05) is 11.9 Å². The molecule has 1 aliphatic heterocycles. The van der Waals surface area contributed by atoms with E-state index in [1.165, 1.54) is 11.1 Å². The number of rotatable bonds is 0. The predicted octanol–water partition coefficient (Wildman–Crippen LogP) is 3.08. The monoisotopic (exact) mass is 193 g/mol. The molecule has 76 valence electrons. The van der Waals surface area contributed by atoms with Crippen LogP contribution < -0.4 is 5.32 Å². The van der Waals surface area contributed by atoms with Gasteiger partial charge in [0.2, 0.25) is 0 Å². The lowest BCUT2D eigenvalue weighted by molar-refractivity contribution is 0.195. The molecule has 0 bridgehead atoms. The second-order valence-corrected chi connectivity index (χ2v) is 4.43. The topological polar surface area (TPSA) is 12.0 Å². The fraction of sp³-hybridized carbons (Fsp3) is 0.500. The number of aryl methyl sites for hydroxylation is 2. The van der Waals surface area contributed by atoms with Gasteiger partial charge < -0.3 is 5.32 Å². The van der Waals surface area contributed by atoms with Gasteiger partial charge in [0.1, 0.15) is 5.67 Å². The first kappa shape index (κ1) is 9.50. The Hall–Kier alpha value is -1.05. The first-order valence-electron chi connectivity index (χ1n) is 5.09. The number of hydrogen-bond acceptors (Lipinski definition) is 1. The molecule has 2 heteroatoms. The fourth-order valence-electron chi connectivity index (χ4n) is 1.87. The van der Waals surface area contributed by atoms with Crippen LogP contribution in [0.15, 0.2) is 18.2 Å². The molecule has 0 spiro atoms. The van der Waals surface area contributed by atoms with Gasteiger partial charge in [-0.15, -0.1) is 0 Å². The van der Waals surface area contributed by atoms with E-state index in [9.17, 15) is 4.39 Å². The molecule has 1 nitrogen and oxygen atoms in total. The third-order valence-electron chi connectivity index (χ3n) is 2.82. The molecule has 0 saturated carbocycles. The van der Waals surface area contributed by atoms with Gasteiger partial charge in [-0.05, 0) is 38.3 Å². The second-order valence-electron chi connectivity index (χ2n) is 4.43. The largest absolute Gasteiger partial charge is 0.382 e. The molecule has 14 heavy (non-hydrogen) atoms. The summed E-state index contributed by atoms with van der Waals surface area (Å²) in [5.74, 6) is 0. The molecule has 1 atom stereocenters. The molecule has 1 unspecified atom stereocenters. The maximum Gasteiger partial charge on any atom is 0.125 e. The van der Waals surface area contributed by atoms with E-state index in [-0.39, 0.29) is 0 Å². The van der Waals surface area contributed by atoms with Crippen molar-refractivity contribution in [1.29, 1.82) is 0 Å². The first-order valence-corrected chi connectivity index (χ1v) is 5.09. The summed E-state index contributed by atoms with van der Waals surface area (Å²) >= 11 is 0. The number of fused-ring (bicyclic) bond motifs is 1. The maximum atomic E-state index is 13.7. The number of hydrogen-bond donors (Lipinski definition) is 1. The number of anilines is 1. The van der Waals surface area contributed by atoms with Crippen LogP contribution in [-0.2, 0) is 6.42 Å². The van der Waals surface area contributed by atoms with Crippen LogP contribution in [0.2, 0.25) is 0 Å². The van der Waals surface area contributed by atoms with Crippen molar-refractivity contribution < 1.29 is 4.39 Å². The number of benzene rings is 1. The minimum Gasteiger partial charge on any atom is -0.382 e. The molecule has 0 radical (unpaired) electrons. The van der Waals surface area contributed by atoms with Gasteiger partial charge in [-0.25, -0.2) is 4.39 Å². The molecule has 0 aromatic heterocycles. The van der Waals surface area contributed by atoms with E-state index in [4.69, 9.17) is 0 Å². The van der Waals surface area contributed by atoms with Gasteiger partial charge >= 0.3 is 0 Å². The van der Waals surface area contributed by atoms with Crippen LogP contribution in [-0.4, -0.2) is 12.2 Å². The molecular formula is C12H16FN. The van der Waals surface area contributed by atoms with Crippen molar-refractivity contribution in [3.05, 3.63) is 29.3 Å². The van der Waals surface area contributed by atoms with Crippen LogP contribution in [0.3, 0.4) is 0 Å². The standard InChI is InChI=1S/C12H16FN/c1-9-3-4-11-10(7-9)5-6-12(2,13)8-14-11/h3-4,7,14H,5-6,8H2,1-2H3. The van der Waals surface area contributed by atoms with Crippen molar-refractivity contribution in [2.45, 2.75) is 32.4 Å². The smallest absolute Gasteiger partial charge is 0.125 e. The molecule has 0 amide bonds. The molecule has 1 aromatic carbocycles. The Bertz CT molecular complexity index is 344. The van der Waals surface area contributed by atoms with Crippen LogP contribution in [0.5, 0.6) is 0 Å². The highest BCUT2D eigenvalue weighted by molar-refractivity contribution is 5.53. The Balaban J connectivity index is 2.30. The summed E-state index contributed by atoms with van der Waals surface area (Å²) in [5, 5.41) is 3.17. The SMILES string of the molecule is Cc1ccc2c(c1)CCC(C)(F)CN2. The predicted molar refractivity (Wildman–Crippen MR) is 57.5 cm³/mol. The van der Waals surface area contributed by atoms with Crippen molar-refractivity contribution in [2.24, 2.45) is 0 Å². The van der Waals surface area contributed by atoms with E-state index in [0.29, 0.717) is 13.0 Å². The molecule has 0 saturated heterocycles. The molecule has 1 N–H and O–H groups in total. The Kier molecular flexibility index (Phi) is 2.22. The van der Waals surface area contributed by atoms with Crippen molar-refractivity contribution in [3.8, 4) is 0 Å². The van der Waals surface area contributed by atoms with Crippen molar-refractivity contribution in [3.63, 3.8) is 0 Å². The molecule has 1 aliphatic rings. The molecule has 0 fully saturated rings. The number of nitrogens with one attached hydrogen (secondary N) is 1. The molecule has 1 aromatic rings. The van der Waals surface area contributed by atoms with Gasteiger partial charge in [0.25, 0.3) is 0 Å². The number of halogens is 1. The van der Waals surface area contributed by atoms with Gasteiger partial charge in [-0.1, -0.05) is 17.7 Å². The van der Waals surface area contributed by atoms with Gasteiger partial charge in [0, 0.05) is 12.2 Å². The highest BCUT2D eigenvalue weighted by Crippen LogP contribution is 2.28. The zero-order valence-corrected chi connectivity index (χ0v) is 8.73. The Morgan fingerprint density at radius 1 is 1.43 bits per heavy atom. The van der Waals surface area contributed by atoms with E-state index in [1.807, 2.05) is 6.07 Å². The summed E-state index contributed by atoms with van der Waals surface area (Å²) in [6, 6.07) is 6.25. The zero-order valence-electron chi connectivity index (χ0n) is 8.73. The van der Waals surface area contributed by atoms with Crippen LogP contribution in [0.25, 0.3) is 0 Å². The fourth-order valence-corrected chi connectivity index (χ4v) is 1.87. The van der Waals surface area contributed by atoms with E-state index >= 15 is 0 Å². The minimum atomic E-state index is -1.08. The zero-order chi connectivity index (χ0) is 10.2. The van der Waals surface area contributed by atoms with Crippen LogP contribution >= 0.6 is 0 Å². The van der Waals surface area contributed by atoms with Gasteiger partial charge in [0.05, 0.1) is 0 Å². The van der Waals surface area contributed by atoms with Gasteiger partial charge in [-0.3, -0.25) is 0 Å². The summed E-state index contributed by atoms with van der Waals surface area (Å²) in [5.41, 5.74) is 2.50. The molecule has 0 aliphatic carbocycles. The van der Waals surface area contributed by atoms with Crippen molar-refractivity contribution >= 4 is 5.69 Å². The third-order valence-corrected chi connectivity index (χ3v) is 2.82.